The smallest absolute Gasteiger partial charge is 0.270 e. The van der Waals surface area contributed by atoms with E-state index in [4.69, 9.17) is 9.52 Å². The Morgan fingerprint density at radius 3 is 2.63 bits per heavy atom. The highest BCUT2D eigenvalue weighted by molar-refractivity contribution is 5.97. The number of fused-ring (bicyclic) bond motifs is 1. The zero-order chi connectivity index (χ0) is 28.4. The van der Waals surface area contributed by atoms with Crippen molar-refractivity contribution in [2.24, 2.45) is 0 Å². The highest BCUT2D eigenvalue weighted by Gasteiger charge is 2.46. The van der Waals surface area contributed by atoms with Gasteiger partial charge in [0.2, 0.25) is 5.91 Å². The van der Waals surface area contributed by atoms with Crippen LogP contribution in [0.4, 0.5) is 0 Å². The van der Waals surface area contributed by atoms with Crippen LogP contribution < -0.4 is 10.6 Å². The van der Waals surface area contributed by atoms with E-state index >= 15 is 0 Å². The number of aromatic nitrogens is 4. The van der Waals surface area contributed by atoms with Crippen LogP contribution in [0, 0.1) is 18.3 Å². The zero-order valence-electron chi connectivity index (χ0n) is 23.1. The van der Waals surface area contributed by atoms with Gasteiger partial charge in [0.1, 0.15) is 22.8 Å². The summed E-state index contributed by atoms with van der Waals surface area (Å²) in [6, 6.07) is 14.8. The minimum atomic E-state index is -0.984. The maximum Gasteiger partial charge on any atom is 0.270 e. The molecule has 1 atom stereocenters. The number of nitrogens with zero attached hydrogens (tertiary/aromatic N) is 5. The van der Waals surface area contributed by atoms with Gasteiger partial charge in [0.15, 0.2) is 11.5 Å². The molecule has 0 spiro atoms. The Kier molecular flexibility index (Phi) is 5.75. The van der Waals surface area contributed by atoms with Gasteiger partial charge in [-0.1, -0.05) is 19.1 Å². The van der Waals surface area contributed by atoms with E-state index in [2.05, 4.69) is 33.6 Å². The van der Waals surface area contributed by atoms with Crippen molar-refractivity contribution in [1.29, 1.82) is 5.26 Å². The number of aryl methyl sites for hydroxylation is 1. The number of hydrogen-bond acceptors (Lipinski definition) is 7. The van der Waals surface area contributed by atoms with Gasteiger partial charge in [0.05, 0.1) is 29.9 Å². The van der Waals surface area contributed by atoms with E-state index in [1.54, 1.807) is 0 Å². The van der Waals surface area contributed by atoms with E-state index in [9.17, 15) is 14.9 Å². The summed E-state index contributed by atoms with van der Waals surface area (Å²) in [5.41, 5.74) is 4.37. The van der Waals surface area contributed by atoms with Crippen LogP contribution in [-0.4, -0.2) is 43.1 Å². The summed E-state index contributed by atoms with van der Waals surface area (Å²) in [6.07, 6.45) is 5.28. The summed E-state index contributed by atoms with van der Waals surface area (Å²) < 4.78 is 7.90. The molecule has 0 bridgehead atoms. The number of nitriles is 1. The number of benzene rings is 1. The van der Waals surface area contributed by atoms with Crippen LogP contribution in [0.25, 0.3) is 22.4 Å². The lowest BCUT2D eigenvalue weighted by Gasteiger charge is -2.19. The second-order valence-corrected chi connectivity index (χ2v) is 12.0. The fourth-order valence-corrected chi connectivity index (χ4v) is 5.15. The molecule has 10 nitrogen and oxygen atoms in total. The molecule has 2 amide bonds. The summed E-state index contributed by atoms with van der Waals surface area (Å²) in [5.74, 6) is -0.486. The maximum absolute atomic E-state index is 13.6. The predicted molar refractivity (Wildman–Crippen MR) is 150 cm³/mol. The van der Waals surface area contributed by atoms with E-state index in [0.29, 0.717) is 35.5 Å². The Labute approximate surface area is 237 Å². The standard InChI is InChI=1S/C31H31N7O3/c1-18-4-3-5-21(33-18)19-6-9-22-25(14-19)41-27(34-22)15-23(28(39)36-31(17-32)12-13-31)35-29(40)24-16-26(30(2)10-11-30)37-38(24)20-7-8-20/h3-6,9,14,16,20,23H,7-8,10-13,15H2,1-2H3,(H,35,40)(H,36,39). The van der Waals surface area contributed by atoms with Gasteiger partial charge < -0.3 is 15.1 Å². The van der Waals surface area contributed by atoms with Crippen LogP contribution in [-0.2, 0) is 16.6 Å². The van der Waals surface area contributed by atoms with E-state index in [-0.39, 0.29) is 23.8 Å². The molecule has 10 heteroatoms. The normalized spacial score (nSPS) is 18.9. The molecule has 2 N–H and O–H groups in total. The number of amides is 2. The summed E-state index contributed by atoms with van der Waals surface area (Å²) >= 11 is 0. The largest absolute Gasteiger partial charge is 0.441 e. The van der Waals surface area contributed by atoms with Gasteiger partial charge in [-0.05, 0) is 75.8 Å². The van der Waals surface area contributed by atoms with Crippen LogP contribution >= 0.6 is 0 Å². The fraction of sp³-hybridized carbons (Fsp3) is 0.419. The molecule has 3 heterocycles. The molecular weight excluding hydrogens is 518 g/mol. The lowest BCUT2D eigenvalue weighted by Crippen LogP contribution is -2.51. The van der Waals surface area contributed by atoms with Crippen LogP contribution in [0.2, 0.25) is 0 Å². The van der Waals surface area contributed by atoms with Gasteiger partial charge in [-0.15, -0.1) is 0 Å². The van der Waals surface area contributed by atoms with Gasteiger partial charge in [0, 0.05) is 16.7 Å². The van der Waals surface area contributed by atoms with Gasteiger partial charge in [0.25, 0.3) is 5.91 Å². The van der Waals surface area contributed by atoms with Gasteiger partial charge >= 0.3 is 0 Å². The molecule has 3 aliphatic rings. The maximum atomic E-state index is 13.6. The van der Waals surface area contributed by atoms with Gasteiger partial charge in [-0.2, -0.15) is 10.4 Å². The number of pyridine rings is 1. The molecule has 0 radical (unpaired) electrons. The van der Waals surface area contributed by atoms with Gasteiger partial charge in [-0.3, -0.25) is 19.3 Å². The van der Waals surface area contributed by atoms with Crippen molar-refractivity contribution in [3.63, 3.8) is 0 Å². The van der Waals surface area contributed by atoms with E-state index in [0.717, 1.165) is 48.3 Å². The molecule has 208 valence electrons. The minimum absolute atomic E-state index is 0.0160. The number of rotatable bonds is 9. The number of nitrogens with one attached hydrogen (secondary N) is 2. The number of oxazole rings is 1. The molecule has 3 fully saturated rings. The summed E-state index contributed by atoms with van der Waals surface area (Å²) in [7, 11) is 0. The molecule has 0 aliphatic heterocycles. The second-order valence-electron chi connectivity index (χ2n) is 12.0. The molecule has 3 aromatic heterocycles. The SMILES string of the molecule is Cc1cccc(-c2ccc3nc(CC(NC(=O)c4cc(C5(C)CC5)nn4C4CC4)C(=O)NC4(C#N)CC4)oc3c2)n1. The van der Waals surface area contributed by atoms with Crippen molar-refractivity contribution in [2.75, 3.05) is 0 Å². The van der Waals surface area contributed by atoms with Gasteiger partial charge in [-0.25, -0.2) is 4.98 Å². The third-order valence-electron chi connectivity index (χ3n) is 8.42. The lowest BCUT2D eigenvalue weighted by atomic mass is 10.1. The molecule has 41 heavy (non-hydrogen) atoms. The molecule has 1 aromatic carbocycles. The molecule has 1 unspecified atom stereocenters. The third-order valence-corrected chi connectivity index (χ3v) is 8.42. The molecule has 4 aromatic rings. The highest BCUT2D eigenvalue weighted by atomic mass is 16.3. The number of carbonyl (C=O) groups is 2. The van der Waals surface area contributed by atoms with Crippen molar-refractivity contribution in [3.05, 3.63) is 65.4 Å². The van der Waals surface area contributed by atoms with E-state index < -0.39 is 17.5 Å². The van der Waals surface area contributed by atoms with Crippen molar-refractivity contribution in [3.8, 4) is 17.3 Å². The lowest BCUT2D eigenvalue weighted by molar-refractivity contribution is -0.123. The first-order valence-corrected chi connectivity index (χ1v) is 14.2. The Hall–Kier alpha value is -4.52. The monoisotopic (exact) mass is 549 g/mol. The fourth-order valence-electron chi connectivity index (χ4n) is 5.15. The third kappa shape index (κ3) is 4.97. The quantitative estimate of drug-likeness (QED) is 0.317. The van der Waals surface area contributed by atoms with Crippen LogP contribution in [0.5, 0.6) is 0 Å². The van der Waals surface area contributed by atoms with Crippen LogP contribution in [0.1, 0.15) is 79.3 Å². The first-order valence-electron chi connectivity index (χ1n) is 14.2. The molecular formula is C31H31N7O3. The summed E-state index contributed by atoms with van der Waals surface area (Å²) in [6.45, 7) is 4.10. The molecule has 7 rings (SSSR count). The first-order chi connectivity index (χ1) is 19.7. The first kappa shape index (κ1) is 25.4. The van der Waals surface area contributed by atoms with Crippen molar-refractivity contribution in [1.82, 2.24) is 30.4 Å². The zero-order valence-corrected chi connectivity index (χ0v) is 23.1. The summed E-state index contributed by atoms with van der Waals surface area (Å²) in [5, 5.41) is 20.1. The van der Waals surface area contributed by atoms with Crippen LogP contribution in [0.3, 0.4) is 0 Å². The molecule has 0 saturated heterocycles. The minimum Gasteiger partial charge on any atom is -0.441 e. The Bertz CT molecular complexity index is 1730. The number of hydrogen-bond donors (Lipinski definition) is 2. The average Bonchev–Trinajstić information content (AvgIpc) is 3.93. The average molecular weight is 550 g/mol. The molecule has 3 saturated carbocycles. The highest BCUT2D eigenvalue weighted by Crippen LogP contribution is 2.48. The Morgan fingerprint density at radius 1 is 1.15 bits per heavy atom. The molecule has 3 aliphatic carbocycles. The van der Waals surface area contributed by atoms with Crippen molar-refractivity contribution >= 4 is 22.9 Å². The summed E-state index contributed by atoms with van der Waals surface area (Å²) in [4.78, 5) is 36.3. The Morgan fingerprint density at radius 2 is 1.95 bits per heavy atom. The topological polar surface area (TPSA) is 139 Å². The van der Waals surface area contributed by atoms with Crippen molar-refractivity contribution < 1.29 is 14.0 Å². The van der Waals surface area contributed by atoms with Crippen molar-refractivity contribution in [2.45, 2.75) is 81.8 Å². The van der Waals surface area contributed by atoms with Crippen LogP contribution in [0.15, 0.2) is 46.9 Å². The Balaban J connectivity index is 1.16. The number of carbonyl (C=O) groups excluding carboxylic acids is 2. The van der Waals surface area contributed by atoms with E-state index in [1.165, 1.54) is 0 Å². The second kappa shape index (κ2) is 9.26. The predicted octanol–water partition coefficient (Wildman–Crippen LogP) is 4.29. The van der Waals surface area contributed by atoms with E-state index in [1.807, 2.05) is 54.1 Å².